The molecular weight excluding hydrogens is 719 g/mol. The lowest BCUT2D eigenvalue weighted by Crippen LogP contribution is -2.15. The molecule has 0 aliphatic heterocycles. The molecule has 0 atom stereocenters. The van der Waals surface area contributed by atoms with Gasteiger partial charge in [0.15, 0.2) is 0 Å². The van der Waals surface area contributed by atoms with Gasteiger partial charge >= 0.3 is 0 Å². The van der Waals surface area contributed by atoms with Crippen molar-refractivity contribution in [1.29, 1.82) is 0 Å². The predicted molar refractivity (Wildman–Crippen MR) is 248 cm³/mol. The van der Waals surface area contributed by atoms with Gasteiger partial charge in [-0.1, -0.05) is 161 Å². The average molecular weight is 762 g/mol. The van der Waals surface area contributed by atoms with E-state index in [2.05, 4.69) is 221 Å². The molecule has 2 aliphatic carbocycles. The summed E-state index contributed by atoms with van der Waals surface area (Å²) in [5, 5.41) is 1.39. The summed E-state index contributed by atoms with van der Waals surface area (Å²) in [5.74, 6) is 0. The van der Waals surface area contributed by atoms with Crippen LogP contribution in [0.2, 0.25) is 0 Å². The second-order valence-electron chi connectivity index (χ2n) is 17.0. The maximum absolute atomic E-state index is 2.43. The fourth-order valence-electron chi connectivity index (χ4n) is 9.80. The minimum atomic E-state index is -0.0594. The summed E-state index contributed by atoms with van der Waals surface area (Å²) >= 11 is 1.93. The number of fused-ring (bicyclic) bond motifs is 8. The van der Waals surface area contributed by atoms with E-state index in [0.717, 1.165) is 17.1 Å². The third-order valence-corrected chi connectivity index (χ3v) is 14.1. The smallest absolute Gasteiger partial charge is 0.0462 e. The van der Waals surface area contributed by atoms with Gasteiger partial charge in [0.25, 0.3) is 0 Å². The third-order valence-electron chi connectivity index (χ3n) is 12.9. The lowest BCUT2D eigenvalue weighted by atomic mass is 9.80. The van der Waals surface area contributed by atoms with Crippen molar-refractivity contribution < 1.29 is 0 Å². The van der Waals surface area contributed by atoms with E-state index in [4.69, 9.17) is 0 Å². The molecule has 11 rings (SSSR count). The van der Waals surface area contributed by atoms with Crippen LogP contribution in [0.1, 0.15) is 49.9 Å². The van der Waals surface area contributed by atoms with Crippen LogP contribution < -0.4 is 4.90 Å². The first-order chi connectivity index (χ1) is 28.3. The number of nitrogens with zero attached hydrogens (tertiary/aromatic N) is 1. The number of anilines is 3. The molecular formula is C56H43NS. The van der Waals surface area contributed by atoms with Gasteiger partial charge in [-0.15, -0.1) is 11.3 Å². The monoisotopic (exact) mass is 761 g/mol. The van der Waals surface area contributed by atoms with Crippen LogP contribution in [-0.4, -0.2) is 0 Å². The lowest BCUT2D eigenvalue weighted by Gasteiger charge is -2.26. The molecule has 1 heterocycles. The van der Waals surface area contributed by atoms with Crippen molar-refractivity contribution in [2.75, 3.05) is 4.90 Å². The number of hydrogen-bond donors (Lipinski definition) is 0. The molecule has 9 aromatic rings. The summed E-state index contributed by atoms with van der Waals surface area (Å²) < 4.78 is 1.37. The van der Waals surface area contributed by atoms with Gasteiger partial charge < -0.3 is 4.90 Å². The summed E-state index contributed by atoms with van der Waals surface area (Å²) in [7, 11) is 0. The molecule has 58 heavy (non-hydrogen) atoms. The molecule has 0 spiro atoms. The molecule has 1 nitrogen and oxygen atoms in total. The van der Waals surface area contributed by atoms with E-state index in [9.17, 15) is 0 Å². The second kappa shape index (κ2) is 13.0. The van der Waals surface area contributed by atoms with Crippen LogP contribution in [0.5, 0.6) is 0 Å². The van der Waals surface area contributed by atoms with Crippen molar-refractivity contribution in [3.8, 4) is 54.9 Å². The van der Waals surface area contributed by atoms with Crippen molar-refractivity contribution >= 4 is 38.5 Å². The Balaban J connectivity index is 0.945. The van der Waals surface area contributed by atoms with Crippen LogP contribution in [-0.2, 0) is 10.8 Å². The Labute approximate surface area is 345 Å². The van der Waals surface area contributed by atoms with Crippen molar-refractivity contribution in [3.05, 3.63) is 210 Å². The largest absolute Gasteiger partial charge is 0.311 e. The maximum atomic E-state index is 2.43. The molecule has 2 heteroatoms. The average Bonchev–Trinajstić information content (AvgIpc) is 3.85. The van der Waals surface area contributed by atoms with Crippen LogP contribution in [0.25, 0.3) is 65.0 Å². The van der Waals surface area contributed by atoms with Crippen molar-refractivity contribution in [2.24, 2.45) is 0 Å². The highest BCUT2D eigenvalue weighted by atomic mass is 32.1. The Morgan fingerprint density at radius 1 is 0.362 bits per heavy atom. The van der Waals surface area contributed by atoms with Gasteiger partial charge in [-0.2, -0.15) is 0 Å². The minimum absolute atomic E-state index is 0.0327. The minimum Gasteiger partial charge on any atom is -0.311 e. The predicted octanol–water partition coefficient (Wildman–Crippen LogP) is 16.0. The van der Waals surface area contributed by atoms with Gasteiger partial charge in [0.2, 0.25) is 0 Å². The molecule has 1 aromatic heterocycles. The van der Waals surface area contributed by atoms with E-state index in [-0.39, 0.29) is 10.8 Å². The fourth-order valence-corrected chi connectivity index (χ4v) is 11.2. The number of hydrogen-bond acceptors (Lipinski definition) is 2. The van der Waals surface area contributed by atoms with Crippen molar-refractivity contribution in [1.82, 2.24) is 0 Å². The van der Waals surface area contributed by atoms with Gasteiger partial charge in [0.05, 0.1) is 0 Å². The highest BCUT2D eigenvalue weighted by Gasteiger charge is 2.39. The second-order valence-corrected chi connectivity index (χ2v) is 18.0. The molecule has 278 valence electrons. The summed E-state index contributed by atoms with van der Waals surface area (Å²) in [6, 6.07) is 69.6. The first kappa shape index (κ1) is 34.7. The van der Waals surface area contributed by atoms with Crippen LogP contribution >= 0.6 is 11.3 Å². The molecule has 0 fully saturated rings. The van der Waals surface area contributed by atoms with E-state index in [0.29, 0.717) is 0 Å². The SMILES string of the molecule is CC1(C)c2ccccc2-c2ccc(-c3ccc(N(c4ccc(-c5ccccc5)cc4)c4ccc(-c5ccc6c(c5)C(C)(C)c5c-6sc6ccccc56)cc4)cc3)cc21. The summed E-state index contributed by atoms with van der Waals surface area (Å²) in [5.41, 5.74) is 20.4. The highest BCUT2D eigenvalue weighted by molar-refractivity contribution is 7.22. The lowest BCUT2D eigenvalue weighted by molar-refractivity contribution is 0.660. The molecule has 0 amide bonds. The zero-order chi connectivity index (χ0) is 39.2. The van der Waals surface area contributed by atoms with E-state index in [1.165, 1.54) is 87.3 Å². The number of benzene rings is 8. The van der Waals surface area contributed by atoms with Crippen LogP contribution in [0.3, 0.4) is 0 Å². The Morgan fingerprint density at radius 3 is 1.43 bits per heavy atom. The third kappa shape index (κ3) is 5.36. The van der Waals surface area contributed by atoms with E-state index in [1.54, 1.807) is 0 Å². The molecule has 0 radical (unpaired) electrons. The molecule has 0 bridgehead atoms. The quantitative estimate of drug-likeness (QED) is 0.163. The van der Waals surface area contributed by atoms with Crippen molar-refractivity contribution in [3.63, 3.8) is 0 Å². The Kier molecular flexibility index (Phi) is 7.80. The Morgan fingerprint density at radius 2 is 0.810 bits per heavy atom. The molecule has 8 aromatic carbocycles. The van der Waals surface area contributed by atoms with Gasteiger partial charge in [-0.3, -0.25) is 0 Å². The van der Waals surface area contributed by atoms with E-state index < -0.39 is 0 Å². The number of rotatable bonds is 6. The maximum Gasteiger partial charge on any atom is 0.0462 e. The summed E-state index contributed by atoms with van der Waals surface area (Å²) in [4.78, 5) is 3.80. The van der Waals surface area contributed by atoms with Gasteiger partial charge in [-0.05, 0) is 132 Å². The molecule has 0 N–H and O–H groups in total. The molecule has 0 saturated carbocycles. The molecule has 0 saturated heterocycles. The Bertz CT molecular complexity index is 3020. The first-order valence-electron chi connectivity index (χ1n) is 20.3. The topological polar surface area (TPSA) is 3.24 Å². The highest BCUT2D eigenvalue weighted by Crippen LogP contribution is 2.56. The van der Waals surface area contributed by atoms with Crippen LogP contribution in [0.15, 0.2) is 188 Å². The zero-order valence-electron chi connectivity index (χ0n) is 33.3. The van der Waals surface area contributed by atoms with Gasteiger partial charge in [0.1, 0.15) is 0 Å². The van der Waals surface area contributed by atoms with E-state index in [1.807, 2.05) is 11.3 Å². The normalized spacial score (nSPS) is 14.1. The molecule has 2 aliphatic rings. The van der Waals surface area contributed by atoms with Crippen LogP contribution in [0, 0.1) is 0 Å². The summed E-state index contributed by atoms with van der Waals surface area (Å²) in [6.45, 7) is 9.48. The van der Waals surface area contributed by atoms with Crippen molar-refractivity contribution in [2.45, 2.75) is 38.5 Å². The summed E-state index contributed by atoms with van der Waals surface area (Å²) in [6.07, 6.45) is 0. The Hall–Kier alpha value is -6.48. The molecule has 0 unspecified atom stereocenters. The van der Waals surface area contributed by atoms with Gasteiger partial charge in [0, 0.05) is 37.5 Å². The standard InChI is InChI=1S/C56H43NS/c1-55(2)49-16-10-8-14-45(49)46-32-24-40(34-50(46)55)38-20-28-43(29-21-38)57(42-26-18-37(19-27-42)36-12-6-5-7-13-36)44-30-22-39(23-31-44)41-25-33-47-51(35-41)56(3,4)53-48-15-9-11-17-52(48)58-54(47)53/h5-35H,1-4H3. The fraction of sp³-hybridized carbons (Fsp3) is 0.107. The number of thiophene rings is 1. The first-order valence-corrected chi connectivity index (χ1v) is 21.2. The van der Waals surface area contributed by atoms with Crippen LogP contribution in [0.4, 0.5) is 17.1 Å². The van der Waals surface area contributed by atoms with E-state index >= 15 is 0 Å². The van der Waals surface area contributed by atoms with Gasteiger partial charge in [-0.25, -0.2) is 0 Å². The zero-order valence-corrected chi connectivity index (χ0v) is 34.1.